The molecule has 0 spiro atoms. The molecule has 120 heavy (non-hydrogen) atoms. The van der Waals surface area contributed by atoms with Crippen LogP contribution in [0.25, 0.3) is 0 Å². The molecule has 0 amide bonds. The maximum absolute atomic E-state index is 14.9. The number of aliphatic hydroxyl groups excluding tert-OH is 9. The standard InChI is InChI=1S/C94H175O25P/c1-5-9-13-17-21-25-29-33-37-41-43-47-51-55-59-63-67-78(97)111-73-76-82(101)84(103)88(107)94(115-76)118-91-89(116-80(99)69-65-61-57-53-49-45-40-36-32-28-24-20-16-12-8-4)85(104)86(105)90(117-93-87(106)83(102)81(100)75(70-95)114-93)92(91)119-120(108,109)112-72-74(113-79(98)68-64-60-56-52-48-44-39-35-31-27-23-19-15-11-7-3)71-110-77(96)66-62-58-54-50-46-42-38-34-30-26-22-18-14-10-6-2/h28,32,74-76,81-95,100-107H,5-27,29-31,33-73H2,1-4H3,(H,108,109)/b32-28-. The molecule has 0 aromatic carbocycles. The Morgan fingerprint density at radius 3 is 1.00 bits per heavy atom. The van der Waals surface area contributed by atoms with E-state index in [0.717, 1.165) is 141 Å². The summed E-state index contributed by atoms with van der Waals surface area (Å²) in [6.45, 7) is 5.64. The summed E-state index contributed by atoms with van der Waals surface area (Å²) in [6.07, 6.45) is 33.2. The van der Waals surface area contributed by atoms with Crippen molar-refractivity contribution in [1.29, 1.82) is 0 Å². The highest BCUT2D eigenvalue weighted by molar-refractivity contribution is 7.47. The fourth-order valence-electron chi connectivity index (χ4n) is 16.3. The lowest BCUT2D eigenvalue weighted by molar-refractivity contribution is -0.360. The fraction of sp³-hybridized carbons (Fsp3) is 0.936. The van der Waals surface area contributed by atoms with E-state index < -0.39 is 162 Å². The predicted molar refractivity (Wildman–Crippen MR) is 467 cm³/mol. The van der Waals surface area contributed by atoms with Crippen molar-refractivity contribution >= 4 is 31.7 Å². The molecule has 3 aliphatic rings. The number of phosphoric acid groups is 1. The third kappa shape index (κ3) is 52.5. The van der Waals surface area contributed by atoms with Crippen LogP contribution in [0.15, 0.2) is 12.2 Å². The lowest BCUT2D eigenvalue weighted by atomic mass is 9.84. The van der Waals surface area contributed by atoms with Gasteiger partial charge in [0.05, 0.1) is 13.2 Å². The first-order valence-corrected chi connectivity index (χ1v) is 50.4. The molecule has 706 valence electrons. The average molecular weight is 1740 g/mol. The van der Waals surface area contributed by atoms with Gasteiger partial charge in [0.25, 0.3) is 0 Å². The van der Waals surface area contributed by atoms with Crippen molar-refractivity contribution in [3.05, 3.63) is 12.2 Å². The summed E-state index contributed by atoms with van der Waals surface area (Å²) < 4.78 is 73.6. The number of hydrogen-bond donors (Lipinski definition) is 10. The number of rotatable bonds is 80. The van der Waals surface area contributed by atoms with Crippen molar-refractivity contribution < 1.29 is 122 Å². The second-order valence-corrected chi connectivity index (χ2v) is 36.4. The maximum atomic E-state index is 14.9. The third-order valence-corrected chi connectivity index (χ3v) is 25.0. The van der Waals surface area contributed by atoms with Crippen molar-refractivity contribution in [2.75, 3.05) is 26.4 Å². The van der Waals surface area contributed by atoms with Crippen LogP contribution >= 0.6 is 7.82 Å². The molecule has 0 bridgehead atoms. The average Bonchev–Trinajstić information content (AvgIpc) is 0.754. The number of ether oxygens (including phenoxy) is 8. The number of esters is 4. The number of allylic oxidation sites excluding steroid dienone is 2. The van der Waals surface area contributed by atoms with Crippen molar-refractivity contribution in [2.24, 2.45) is 0 Å². The van der Waals surface area contributed by atoms with E-state index in [1.54, 1.807) is 0 Å². The van der Waals surface area contributed by atoms with Crippen LogP contribution in [0.3, 0.4) is 0 Å². The van der Waals surface area contributed by atoms with Crippen LogP contribution < -0.4 is 0 Å². The van der Waals surface area contributed by atoms with Crippen molar-refractivity contribution in [3.8, 4) is 0 Å². The Bertz CT molecular complexity index is 2530. The van der Waals surface area contributed by atoms with Gasteiger partial charge in [-0.3, -0.25) is 28.2 Å². The van der Waals surface area contributed by atoms with E-state index >= 15 is 0 Å². The van der Waals surface area contributed by atoms with E-state index in [1.165, 1.54) is 205 Å². The van der Waals surface area contributed by atoms with Crippen LogP contribution in [0.4, 0.5) is 0 Å². The number of phosphoric ester groups is 1. The predicted octanol–water partition coefficient (Wildman–Crippen LogP) is 18.7. The molecular weight excluding hydrogens is 1560 g/mol. The van der Waals surface area contributed by atoms with E-state index in [1.807, 2.05) is 0 Å². The van der Waals surface area contributed by atoms with Gasteiger partial charge < -0.3 is 88.7 Å². The molecule has 3 fully saturated rings. The Morgan fingerprint density at radius 1 is 0.325 bits per heavy atom. The summed E-state index contributed by atoms with van der Waals surface area (Å²) in [5.74, 6) is -2.95. The molecule has 18 atom stereocenters. The first-order chi connectivity index (χ1) is 58.2. The monoisotopic (exact) mass is 1740 g/mol. The molecule has 3 rings (SSSR count). The number of carbonyl (C=O) groups excluding carboxylic acids is 4. The van der Waals surface area contributed by atoms with E-state index in [4.69, 9.17) is 46.9 Å². The molecule has 18 unspecified atom stereocenters. The number of unbranched alkanes of at least 4 members (excludes halogenated alkanes) is 54. The second kappa shape index (κ2) is 73.2. The number of hydrogen-bond acceptors (Lipinski definition) is 24. The van der Waals surface area contributed by atoms with E-state index in [2.05, 4.69) is 39.8 Å². The molecule has 2 aliphatic heterocycles. The lowest BCUT2D eigenvalue weighted by Crippen LogP contribution is -2.70. The van der Waals surface area contributed by atoms with Gasteiger partial charge in [-0.15, -0.1) is 0 Å². The van der Waals surface area contributed by atoms with E-state index in [-0.39, 0.29) is 25.7 Å². The zero-order valence-corrected chi connectivity index (χ0v) is 76.3. The molecule has 0 radical (unpaired) electrons. The molecular formula is C94H175O25P. The number of carbonyl (C=O) groups is 4. The molecule has 0 aromatic rings. The van der Waals surface area contributed by atoms with Crippen LogP contribution in [0.5, 0.6) is 0 Å². The van der Waals surface area contributed by atoms with E-state index in [9.17, 15) is 74.6 Å². The Hall–Kier alpha value is -2.79. The Morgan fingerprint density at radius 2 is 0.625 bits per heavy atom. The van der Waals surface area contributed by atoms with Gasteiger partial charge in [0, 0.05) is 25.7 Å². The molecule has 26 heteroatoms. The summed E-state index contributed by atoms with van der Waals surface area (Å²) in [4.78, 5) is 66.6. The molecule has 1 aliphatic carbocycles. The molecule has 2 saturated heterocycles. The SMILES string of the molecule is CCCCCC/C=C\CCCCCCCCCC(=O)OC1C(O)C(O)C(OC2OC(CO)C(O)C(O)C2O)C(OP(=O)(O)OCC(COC(=O)CCCCCCCCCCCCCCCCC)OC(=O)CCCCCCCCCCCCCCCCC)C1OC1OC(COC(=O)CCCCCCCCCCCCCCCCCC)C(O)C(O)C1O. The first-order valence-electron chi connectivity index (χ1n) is 48.9. The fourth-order valence-corrected chi connectivity index (χ4v) is 17.2. The highest BCUT2D eigenvalue weighted by Gasteiger charge is 2.60. The highest BCUT2D eigenvalue weighted by Crippen LogP contribution is 2.49. The Labute approximate surface area is 724 Å². The van der Waals surface area contributed by atoms with Gasteiger partial charge in [-0.05, 0) is 51.4 Å². The van der Waals surface area contributed by atoms with Crippen molar-refractivity contribution in [1.82, 2.24) is 0 Å². The smallest absolute Gasteiger partial charge is 0.463 e. The molecule has 1 saturated carbocycles. The molecule has 0 aromatic heterocycles. The second-order valence-electron chi connectivity index (χ2n) is 34.9. The van der Waals surface area contributed by atoms with Crippen LogP contribution in [0.2, 0.25) is 0 Å². The quantitative estimate of drug-likeness (QED) is 0.00889. The zero-order chi connectivity index (χ0) is 87.5. The number of aliphatic hydroxyl groups is 9. The Balaban J connectivity index is 1.90. The summed E-state index contributed by atoms with van der Waals surface area (Å²) >= 11 is 0. The normalized spacial score (nSPS) is 24.7. The van der Waals surface area contributed by atoms with Crippen LogP contribution in [-0.2, 0) is 70.7 Å². The van der Waals surface area contributed by atoms with Crippen LogP contribution in [0.1, 0.15) is 432 Å². The minimum absolute atomic E-state index is 0.0186. The van der Waals surface area contributed by atoms with Crippen LogP contribution in [0, 0.1) is 0 Å². The lowest BCUT2D eigenvalue weighted by Gasteiger charge is -2.50. The van der Waals surface area contributed by atoms with Crippen molar-refractivity contribution in [3.63, 3.8) is 0 Å². The molecule has 25 nitrogen and oxygen atoms in total. The minimum atomic E-state index is -5.81. The highest BCUT2D eigenvalue weighted by atomic mass is 31.2. The van der Waals surface area contributed by atoms with Gasteiger partial charge in [0.2, 0.25) is 0 Å². The van der Waals surface area contributed by atoms with Gasteiger partial charge in [-0.2, -0.15) is 0 Å². The summed E-state index contributed by atoms with van der Waals surface area (Å²) in [7, 11) is -5.81. The van der Waals surface area contributed by atoms with Gasteiger partial charge in [0.1, 0.15) is 92.6 Å². The Kier molecular flexibility index (Phi) is 67.9. The summed E-state index contributed by atoms with van der Waals surface area (Å²) in [6, 6.07) is 0. The summed E-state index contributed by atoms with van der Waals surface area (Å²) in [5, 5.41) is 102. The van der Waals surface area contributed by atoms with Gasteiger partial charge in [-0.1, -0.05) is 367 Å². The third-order valence-electron chi connectivity index (χ3n) is 24.0. The van der Waals surface area contributed by atoms with Gasteiger partial charge in [-0.25, -0.2) is 4.57 Å². The molecule has 10 N–H and O–H groups in total. The van der Waals surface area contributed by atoms with Gasteiger partial charge in [0.15, 0.2) is 24.8 Å². The molecule has 2 heterocycles. The first kappa shape index (κ1) is 111. The van der Waals surface area contributed by atoms with Crippen LogP contribution in [-0.4, -0.2) is 205 Å². The van der Waals surface area contributed by atoms with Crippen molar-refractivity contribution in [2.45, 2.75) is 536 Å². The zero-order valence-electron chi connectivity index (χ0n) is 75.4. The topological polar surface area (TPSA) is 380 Å². The van der Waals surface area contributed by atoms with Gasteiger partial charge >= 0.3 is 31.7 Å². The largest absolute Gasteiger partial charge is 0.472 e. The summed E-state index contributed by atoms with van der Waals surface area (Å²) in [5.41, 5.74) is 0. The van der Waals surface area contributed by atoms with E-state index in [0.29, 0.717) is 32.1 Å². The maximum Gasteiger partial charge on any atom is 0.472 e. The minimum Gasteiger partial charge on any atom is -0.463 e.